The van der Waals surface area contributed by atoms with Gasteiger partial charge in [-0.15, -0.1) is 0 Å². The lowest BCUT2D eigenvalue weighted by Gasteiger charge is -2.05. The van der Waals surface area contributed by atoms with Gasteiger partial charge in [0.2, 0.25) is 0 Å². The third-order valence-corrected chi connectivity index (χ3v) is 3.77. The van der Waals surface area contributed by atoms with Gasteiger partial charge in [-0.1, -0.05) is 29.8 Å². The molecule has 0 aliphatic heterocycles. The fraction of sp³-hybridized carbons (Fsp3) is 0.188. The van der Waals surface area contributed by atoms with Crippen LogP contribution in [0.1, 0.15) is 16.1 Å². The monoisotopic (exact) mass is 301 g/mol. The molecular formula is C16H16ClN3O. The number of carbonyl (C=O) groups is 1. The molecule has 4 nitrogen and oxygen atoms in total. The predicted octanol–water partition coefficient (Wildman–Crippen LogP) is 3.13. The van der Waals surface area contributed by atoms with Crippen molar-refractivity contribution in [2.24, 2.45) is 7.05 Å². The molecule has 0 bridgehead atoms. The summed E-state index contributed by atoms with van der Waals surface area (Å²) in [6.07, 6.45) is 4.50. The maximum absolute atomic E-state index is 12.1. The van der Waals surface area contributed by atoms with Crippen LogP contribution >= 0.6 is 11.6 Å². The summed E-state index contributed by atoms with van der Waals surface area (Å²) in [6.45, 7) is 0.587. The van der Waals surface area contributed by atoms with E-state index in [1.54, 1.807) is 23.9 Å². The number of carbonyl (C=O) groups excluding carboxylic acids is 1. The number of hydrogen-bond acceptors (Lipinski definition) is 1. The first kappa shape index (κ1) is 13.8. The number of nitrogens with zero attached hydrogens (tertiary/aromatic N) is 1. The molecule has 2 aromatic heterocycles. The Morgan fingerprint density at radius 1 is 1.38 bits per heavy atom. The third-order valence-electron chi connectivity index (χ3n) is 3.56. The Balaban J connectivity index is 1.64. The van der Waals surface area contributed by atoms with Gasteiger partial charge in [0.1, 0.15) is 5.69 Å². The SMILES string of the molecule is Cn1cc(Cl)cc1C(=O)NCCc1c[nH]c2ccccc12. The molecular weight excluding hydrogens is 286 g/mol. The van der Waals surface area contributed by atoms with Crippen LogP contribution in [0.25, 0.3) is 10.9 Å². The van der Waals surface area contributed by atoms with E-state index in [2.05, 4.69) is 16.4 Å². The van der Waals surface area contributed by atoms with Crippen molar-refractivity contribution in [2.45, 2.75) is 6.42 Å². The van der Waals surface area contributed by atoms with Crippen LogP contribution in [0.4, 0.5) is 0 Å². The Hall–Kier alpha value is -2.20. The van der Waals surface area contributed by atoms with Crippen LogP contribution in [0.3, 0.4) is 0 Å². The van der Waals surface area contributed by atoms with E-state index in [9.17, 15) is 4.79 Å². The highest BCUT2D eigenvalue weighted by Gasteiger charge is 2.11. The molecule has 0 saturated carbocycles. The number of nitrogens with one attached hydrogen (secondary N) is 2. The maximum Gasteiger partial charge on any atom is 0.267 e. The van der Waals surface area contributed by atoms with Crippen molar-refractivity contribution >= 4 is 28.4 Å². The number of para-hydroxylation sites is 1. The third kappa shape index (κ3) is 2.81. The molecule has 3 rings (SSSR count). The van der Waals surface area contributed by atoms with Gasteiger partial charge < -0.3 is 14.9 Å². The van der Waals surface area contributed by atoms with Crippen LogP contribution in [0.5, 0.6) is 0 Å². The zero-order valence-electron chi connectivity index (χ0n) is 11.7. The number of halogens is 1. The van der Waals surface area contributed by atoms with Crippen molar-refractivity contribution in [3.05, 3.63) is 59.0 Å². The molecule has 0 aliphatic rings. The van der Waals surface area contributed by atoms with Crippen molar-refractivity contribution in [1.29, 1.82) is 0 Å². The van der Waals surface area contributed by atoms with E-state index in [1.165, 1.54) is 10.9 Å². The smallest absolute Gasteiger partial charge is 0.267 e. The molecule has 0 radical (unpaired) electrons. The first-order valence-corrected chi connectivity index (χ1v) is 7.18. The van der Waals surface area contributed by atoms with Gasteiger partial charge in [0.25, 0.3) is 5.91 Å². The lowest BCUT2D eigenvalue weighted by atomic mass is 10.1. The fourth-order valence-corrected chi connectivity index (χ4v) is 2.74. The summed E-state index contributed by atoms with van der Waals surface area (Å²) in [5, 5.41) is 4.70. The number of amides is 1. The molecule has 0 fully saturated rings. The number of rotatable bonds is 4. The fourth-order valence-electron chi connectivity index (χ4n) is 2.49. The van der Waals surface area contributed by atoms with E-state index in [0.717, 1.165) is 11.9 Å². The summed E-state index contributed by atoms with van der Waals surface area (Å²) in [4.78, 5) is 15.3. The summed E-state index contributed by atoms with van der Waals surface area (Å²) in [6, 6.07) is 9.82. The Morgan fingerprint density at radius 2 is 2.19 bits per heavy atom. The number of aryl methyl sites for hydroxylation is 1. The normalized spacial score (nSPS) is 11.0. The number of aromatic amines is 1. The first-order valence-electron chi connectivity index (χ1n) is 6.80. The van der Waals surface area contributed by atoms with Crippen LogP contribution < -0.4 is 5.32 Å². The highest BCUT2D eigenvalue weighted by molar-refractivity contribution is 6.31. The minimum atomic E-state index is -0.107. The second-order valence-corrected chi connectivity index (χ2v) is 5.46. The van der Waals surface area contributed by atoms with Gasteiger partial charge in [-0.2, -0.15) is 0 Å². The average Bonchev–Trinajstić information content (AvgIpc) is 3.02. The molecule has 1 aromatic carbocycles. The number of aromatic nitrogens is 2. The summed E-state index contributed by atoms with van der Waals surface area (Å²) >= 11 is 5.89. The van der Waals surface area contributed by atoms with Gasteiger partial charge in [0.05, 0.1) is 5.02 Å². The Kier molecular flexibility index (Phi) is 3.71. The molecule has 21 heavy (non-hydrogen) atoms. The van der Waals surface area contributed by atoms with Gasteiger partial charge in [-0.05, 0) is 24.1 Å². The molecule has 0 aliphatic carbocycles. The van der Waals surface area contributed by atoms with E-state index in [1.807, 2.05) is 24.4 Å². The van der Waals surface area contributed by atoms with Gasteiger partial charge >= 0.3 is 0 Å². The minimum absolute atomic E-state index is 0.107. The van der Waals surface area contributed by atoms with Crippen molar-refractivity contribution in [3.8, 4) is 0 Å². The van der Waals surface area contributed by atoms with Crippen LogP contribution in [0.2, 0.25) is 5.02 Å². The lowest BCUT2D eigenvalue weighted by Crippen LogP contribution is -2.27. The summed E-state index contributed by atoms with van der Waals surface area (Å²) < 4.78 is 1.73. The minimum Gasteiger partial charge on any atom is -0.361 e. The molecule has 5 heteroatoms. The van der Waals surface area contributed by atoms with Crippen LogP contribution in [-0.2, 0) is 13.5 Å². The van der Waals surface area contributed by atoms with E-state index >= 15 is 0 Å². The zero-order chi connectivity index (χ0) is 14.8. The van der Waals surface area contributed by atoms with Gasteiger partial charge in [0, 0.05) is 36.9 Å². The van der Waals surface area contributed by atoms with Crippen molar-refractivity contribution < 1.29 is 4.79 Å². The van der Waals surface area contributed by atoms with E-state index in [4.69, 9.17) is 11.6 Å². The molecule has 108 valence electrons. The molecule has 0 spiro atoms. The highest BCUT2D eigenvalue weighted by Crippen LogP contribution is 2.18. The Labute approximate surface area is 127 Å². The van der Waals surface area contributed by atoms with E-state index in [0.29, 0.717) is 17.3 Å². The standard InChI is InChI=1S/C16H16ClN3O/c1-20-10-12(17)8-15(20)16(21)18-7-6-11-9-19-14-5-3-2-4-13(11)14/h2-5,8-10,19H,6-7H2,1H3,(H,18,21). The molecule has 1 amide bonds. The first-order chi connectivity index (χ1) is 10.1. The van der Waals surface area contributed by atoms with Crippen LogP contribution in [0.15, 0.2) is 42.7 Å². The van der Waals surface area contributed by atoms with E-state index in [-0.39, 0.29) is 5.91 Å². The molecule has 2 N–H and O–H groups in total. The maximum atomic E-state index is 12.1. The van der Waals surface area contributed by atoms with Gasteiger partial charge in [-0.25, -0.2) is 0 Å². The van der Waals surface area contributed by atoms with Crippen molar-refractivity contribution in [2.75, 3.05) is 6.54 Å². The topological polar surface area (TPSA) is 49.8 Å². The summed E-state index contributed by atoms with van der Waals surface area (Å²) in [5.74, 6) is -0.107. The number of H-pyrrole nitrogens is 1. The number of benzene rings is 1. The average molecular weight is 302 g/mol. The number of hydrogen-bond donors (Lipinski definition) is 2. The summed E-state index contributed by atoms with van der Waals surface area (Å²) in [5.41, 5.74) is 2.89. The Bertz CT molecular complexity index is 788. The van der Waals surface area contributed by atoms with Crippen molar-refractivity contribution in [3.63, 3.8) is 0 Å². The summed E-state index contributed by atoms with van der Waals surface area (Å²) in [7, 11) is 1.81. The largest absolute Gasteiger partial charge is 0.361 e. The number of fused-ring (bicyclic) bond motifs is 1. The van der Waals surface area contributed by atoms with Crippen LogP contribution in [-0.4, -0.2) is 22.0 Å². The van der Waals surface area contributed by atoms with Crippen molar-refractivity contribution in [1.82, 2.24) is 14.9 Å². The zero-order valence-corrected chi connectivity index (χ0v) is 12.4. The van der Waals surface area contributed by atoms with Gasteiger partial charge in [0.15, 0.2) is 0 Å². The van der Waals surface area contributed by atoms with Gasteiger partial charge in [-0.3, -0.25) is 4.79 Å². The lowest BCUT2D eigenvalue weighted by molar-refractivity contribution is 0.0946. The van der Waals surface area contributed by atoms with Crippen LogP contribution in [0, 0.1) is 0 Å². The highest BCUT2D eigenvalue weighted by atomic mass is 35.5. The molecule has 0 unspecified atom stereocenters. The Morgan fingerprint density at radius 3 is 2.95 bits per heavy atom. The molecule has 0 saturated heterocycles. The second-order valence-electron chi connectivity index (χ2n) is 5.02. The predicted molar refractivity (Wildman–Crippen MR) is 84.8 cm³/mol. The molecule has 2 heterocycles. The molecule has 0 atom stereocenters. The molecule has 3 aromatic rings. The van der Waals surface area contributed by atoms with E-state index < -0.39 is 0 Å². The quantitative estimate of drug-likeness (QED) is 0.764. The second kappa shape index (κ2) is 5.66.